The Hall–Kier alpha value is -1.55. The summed E-state index contributed by atoms with van der Waals surface area (Å²) in [6, 6.07) is 12.6. The van der Waals surface area contributed by atoms with Crippen molar-refractivity contribution >= 4 is 0 Å². The van der Waals surface area contributed by atoms with E-state index in [0.29, 0.717) is 6.42 Å². The third kappa shape index (κ3) is 5.70. The lowest BCUT2D eigenvalue weighted by Gasteiger charge is -1.94. The molecule has 0 saturated carbocycles. The molecule has 0 aromatic heterocycles. The van der Waals surface area contributed by atoms with Crippen molar-refractivity contribution in [3.63, 3.8) is 0 Å². The lowest BCUT2D eigenvalue weighted by atomic mass is 10.1. The summed E-state index contributed by atoms with van der Waals surface area (Å²) in [7, 11) is 0. The Kier molecular flexibility index (Phi) is 6.01. The van der Waals surface area contributed by atoms with Gasteiger partial charge in [0.2, 0.25) is 0 Å². The molecule has 1 aromatic carbocycles. The van der Waals surface area contributed by atoms with E-state index in [9.17, 15) is 0 Å². The largest absolute Gasteiger partial charge is 0.198 e. The van der Waals surface area contributed by atoms with Crippen LogP contribution >= 0.6 is 0 Å². The third-order valence-electron chi connectivity index (χ3n) is 2.27. The minimum Gasteiger partial charge on any atom is -0.198 e. The molecular formula is C14H17N. The van der Waals surface area contributed by atoms with Crippen molar-refractivity contribution in [2.75, 3.05) is 0 Å². The quantitative estimate of drug-likeness (QED) is 0.504. The zero-order valence-electron chi connectivity index (χ0n) is 9.02. The first-order chi connectivity index (χ1) is 7.43. The molecule has 0 amide bonds. The van der Waals surface area contributed by atoms with E-state index in [4.69, 9.17) is 5.26 Å². The molecule has 0 aliphatic carbocycles. The molecule has 0 aliphatic heterocycles. The molecule has 0 heterocycles. The monoisotopic (exact) mass is 199 g/mol. The van der Waals surface area contributed by atoms with Gasteiger partial charge in [-0.25, -0.2) is 0 Å². The first kappa shape index (κ1) is 11.5. The number of allylic oxidation sites excluding steroid dienone is 2. The molecule has 1 heteroatoms. The summed E-state index contributed by atoms with van der Waals surface area (Å²) < 4.78 is 0. The first-order valence-electron chi connectivity index (χ1n) is 5.49. The summed E-state index contributed by atoms with van der Waals surface area (Å²) in [5.74, 6) is 0. The van der Waals surface area contributed by atoms with E-state index in [1.807, 2.05) is 6.07 Å². The first-order valence-corrected chi connectivity index (χ1v) is 5.49. The summed E-state index contributed by atoms with van der Waals surface area (Å²) in [6.07, 6.45) is 9.36. The van der Waals surface area contributed by atoms with Gasteiger partial charge in [0.15, 0.2) is 0 Å². The van der Waals surface area contributed by atoms with E-state index in [1.54, 1.807) is 0 Å². The minimum absolute atomic E-state index is 0.687. The second-order valence-corrected chi connectivity index (χ2v) is 3.57. The van der Waals surface area contributed by atoms with Crippen LogP contribution in [0.5, 0.6) is 0 Å². The van der Waals surface area contributed by atoms with Gasteiger partial charge >= 0.3 is 0 Å². The van der Waals surface area contributed by atoms with Gasteiger partial charge in [0, 0.05) is 6.42 Å². The molecular weight excluding hydrogens is 182 g/mol. The molecule has 0 radical (unpaired) electrons. The molecule has 0 fully saturated rings. The van der Waals surface area contributed by atoms with Crippen LogP contribution in [0.2, 0.25) is 0 Å². The Balaban J connectivity index is 2.10. The summed E-state index contributed by atoms with van der Waals surface area (Å²) in [4.78, 5) is 0. The fourth-order valence-corrected chi connectivity index (χ4v) is 1.42. The van der Waals surface area contributed by atoms with Crippen molar-refractivity contribution in [1.82, 2.24) is 0 Å². The molecule has 0 atom stereocenters. The van der Waals surface area contributed by atoms with Gasteiger partial charge in [-0.05, 0) is 31.2 Å². The number of benzene rings is 1. The van der Waals surface area contributed by atoms with Gasteiger partial charge in [0.05, 0.1) is 6.07 Å². The van der Waals surface area contributed by atoms with Gasteiger partial charge in [-0.1, -0.05) is 42.5 Å². The van der Waals surface area contributed by atoms with Crippen LogP contribution in [0.1, 0.15) is 31.2 Å². The SMILES string of the molecule is N#CCCCC/C=C/Cc1ccccc1. The zero-order valence-corrected chi connectivity index (χ0v) is 9.02. The van der Waals surface area contributed by atoms with Crippen LogP contribution < -0.4 is 0 Å². The Bertz CT molecular complexity index is 319. The molecule has 15 heavy (non-hydrogen) atoms. The van der Waals surface area contributed by atoms with Gasteiger partial charge < -0.3 is 0 Å². The molecule has 0 bridgehead atoms. The highest BCUT2D eigenvalue weighted by atomic mass is 14.2. The van der Waals surface area contributed by atoms with Crippen LogP contribution in [0, 0.1) is 11.3 Å². The third-order valence-corrected chi connectivity index (χ3v) is 2.27. The maximum atomic E-state index is 8.35. The number of hydrogen-bond donors (Lipinski definition) is 0. The molecule has 1 nitrogen and oxygen atoms in total. The number of nitrogens with zero attached hydrogens (tertiary/aromatic N) is 1. The summed E-state index contributed by atoms with van der Waals surface area (Å²) >= 11 is 0. The van der Waals surface area contributed by atoms with Gasteiger partial charge in [-0.2, -0.15) is 5.26 Å². The van der Waals surface area contributed by atoms with Crippen molar-refractivity contribution in [2.45, 2.75) is 32.1 Å². The van der Waals surface area contributed by atoms with Gasteiger partial charge in [-0.15, -0.1) is 0 Å². The number of nitriles is 1. The van der Waals surface area contributed by atoms with E-state index in [2.05, 4.69) is 42.5 Å². The van der Waals surface area contributed by atoms with Crippen LogP contribution in [-0.4, -0.2) is 0 Å². The molecule has 78 valence electrons. The average Bonchev–Trinajstić information content (AvgIpc) is 2.29. The predicted molar refractivity (Wildman–Crippen MR) is 63.4 cm³/mol. The van der Waals surface area contributed by atoms with Crippen molar-refractivity contribution in [1.29, 1.82) is 5.26 Å². The lowest BCUT2D eigenvalue weighted by molar-refractivity contribution is 0.766. The fraction of sp³-hybridized carbons (Fsp3) is 0.357. The summed E-state index contributed by atoms with van der Waals surface area (Å²) in [6.45, 7) is 0. The van der Waals surface area contributed by atoms with Gasteiger partial charge in [0.1, 0.15) is 0 Å². The second kappa shape index (κ2) is 7.82. The van der Waals surface area contributed by atoms with E-state index in [0.717, 1.165) is 25.7 Å². The lowest BCUT2D eigenvalue weighted by Crippen LogP contribution is -1.78. The Morgan fingerprint density at radius 1 is 1.07 bits per heavy atom. The van der Waals surface area contributed by atoms with E-state index >= 15 is 0 Å². The standard InChI is InChI=1S/C14H17N/c15-13-9-4-2-1-3-6-10-14-11-7-5-8-12-14/h3,5-8,11-12H,1-2,4,9-10H2/b6-3+. The highest BCUT2D eigenvalue weighted by molar-refractivity contribution is 5.17. The van der Waals surface area contributed by atoms with Crippen LogP contribution in [-0.2, 0) is 6.42 Å². The summed E-state index contributed by atoms with van der Waals surface area (Å²) in [5, 5.41) is 8.35. The Morgan fingerprint density at radius 3 is 2.60 bits per heavy atom. The number of unbranched alkanes of at least 4 members (excludes halogenated alkanes) is 3. The second-order valence-electron chi connectivity index (χ2n) is 3.57. The molecule has 0 N–H and O–H groups in total. The highest BCUT2D eigenvalue weighted by Crippen LogP contribution is 2.03. The normalized spacial score (nSPS) is 10.3. The van der Waals surface area contributed by atoms with Gasteiger partial charge in [-0.3, -0.25) is 0 Å². The molecule has 1 rings (SSSR count). The zero-order chi connectivity index (χ0) is 10.8. The highest BCUT2D eigenvalue weighted by Gasteiger charge is 1.86. The average molecular weight is 199 g/mol. The maximum Gasteiger partial charge on any atom is 0.0621 e. The van der Waals surface area contributed by atoms with Gasteiger partial charge in [0.25, 0.3) is 0 Å². The number of hydrogen-bond acceptors (Lipinski definition) is 1. The van der Waals surface area contributed by atoms with Crippen LogP contribution in [0.4, 0.5) is 0 Å². The van der Waals surface area contributed by atoms with Crippen LogP contribution in [0.15, 0.2) is 42.5 Å². The Morgan fingerprint density at radius 2 is 1.87 bits per heavy atom. The Labute approximate surface area is 92.1 Å². The van der Waals surface area contributed by atoms with E-state index < -0.39 is 0 Å². The smallest absolute Gasteiger partial charge is 0.0621 e. The van der Waals surface area contributed by atoms with E-state index in [1.165, 1.54) is 5.56 Å². The molecule has 0 spiro atoms. The van der Waals surface area contributed by atoms with Crippen molar-refractivity contribution < 1.29 is 0 Å². The molecule has 0 unspecified atom stereocenters. The van der Waals surface area contributed by atoms with Crippen molar-refractivity contribution in [3.8, 4) is 6.07 Å². The van der Waals surface area contributed by atoms with Crippen LogP contribution in [0.3, 0.4) is 0 Å². The predicted octanol–water partition coefficient (Wildman–Crippen LogP) is 3.87. The minimum atomic E-state index is 0.687. The molecule has 0 saturated heterocycles. The maximum absolute atomic E-state index is 8.35. The van der Waals surface area contributed by atoms with E-state index in [-0.39, 0.29) is 0 Å². The van der Waals surface area contributed by atoms with Crippen LogP contribution in [0.25, 0.3) is 0 Å². The molecule has 0 aliphatic rings. The topological polar surface area (TPSA) is 23.8 Å². The molecule has 1 aromatic rings. The summed E-state index contributed by atoms with van der Waals surface area (Å²) in [5.41, 5.74) is 1.35. The van der Waals surface area contributed by atoms with Crippen molar-refractivity contribution in [3.05, 3.63) is 48.0 Å². The number of rotatable bonds is 6. The fourth-order valence-electron chi connectivity index (χ4n) is 1.42. The van der Waals surface area contributed by atoms with Crippen molar-refractivity contribution in [2.24, 2.45) is 0 Å².